The predicted octanol–water partition coefficient (Wildman–Crippen LogP) is 3.95. The van der Waals surface area contributed by atoms with Gasteiger partial charge in [0.05, 0.1) is 6.01 Å². The van der Waals surface area contributed by atoms with E-state index in [2.05, 4.69) is 50.8 Å². The van der Waals surface area contributed by atoms with E-state index < -0.39 is 0 Å². The fourth-order valence-corrected chi connectivity index (χ4v) is 2.45. The summed E-state index contributed by atoms with van der Waals surface area (Å²) in [5.41, 5.74) is 0.836. The molecule has 0 aliphatic carbocycles. The SMILES string of the molecule is CC(C)C(N=C=N)(c1ccccc1)C(C)C. The number of benzene rings is 1. The first-order valence-electron chi connectivity index (χ1n) is 5.74. The summed E-state index contributed by atoms with van der Waals surface area (Å²) in [6, 6.07) is 12.5. The van der Waals surface area contributed by atoms with Crippen molar-refractivity contribution in [1.29, 1.82) is 5.41 Å². The van der Waals surface area contributed by atoms with Crippen LogP contribution in [0.1, 0.15) is 33.3 Å². The molecule has 0 amide bonds. The highest BCUT2D eigenvalue weighted by atomic mass is 14.9. The number of hydrogen-bond acceptors (Lipinski definition) is 2. The number of hydrogen-bond donors (Lipinski definition) is 1. The van der Waals surface area contributed by atoms with Gasteiger partial charge in [-0.1, -0.05) is 58.0 Å². The van der Waals surface area contributed by atoms with Crippen molar-refractivity contribution in [1.82, 2.24) is 0 Å². The Kier molecular flexibility index (Phi) is 4.03. The Labute approximate surface area is 97.9 Å². The molecule has 0 bridgehead atoms. The van der Waals surface area contributed by atoms with Crippen LogP contribution in [0.3, 0.4) is 0 Å². The molecule has 2 nitrogen and oxygen atoms in total. The minimum absolute atomic E-state index is 0.330. The van der Waals surface area contributed by atoms with Crippen molar-refractivity contribution in [2.45, 2.75) is 33.2 Å². The Balaban J connectivity index is 3.39. The lowest BCUT2D eigenvalue weighted by Crippen LogP contribution is -2.35. The third-order valence-corrected chi connectivity index (χ3v) is 3.24. The molecular weight excluding hydrogens is 196 g/mol. The standard InChI is InChI=1S/C14H20N2/c1-11(2)14(12(3)4,16-10-15)13-8-6-5-7-9-13/h5-9,11-12,15H,1-4H3. The highest BCUT2D eigenvalue weighted by Gasteiger charge is 2.38. The van der Waals surface area contributed by atoms with Gasteiger partial charge in [-0.05, 0) is 17.4 Å². The quantitative estimate of drug-likeness (QED) is 0.740. The van der Waals surface area contributed by atoms with E-state index in [1.54, 1.807) is 0 Å². The monoisotopic (exact) mass is 216 g/mol. The fourth-order valence-electron chi connectivity index (χ4n) is 2.45. The Hall–Kier alpha value is -1.40. The molecule has 0 fully saturated rings. The van der Waals surface area contributed by atoms with Gasteiger partial charge in [0, 0.05) is 0 Å². The molecule has 0 aliphatic rings. The van der Waals surface area contributed by atoms with E-state index in [9.17, 15) is 0 Å². The molecule has 0 aliphatic heterocycles. The van der Waals surface area contributed by atoms with Gasteiger partial charge < -0.3 is 0 Å². The Morgan fingerprint density at radius 1 is 1.06 bits per heavy atom. The lowest BCUT2D eigenvalue weighted by atomic mass is 9.72. The Bertz CT molecular complexity index is 365. The van der Waals surface area contributed by atoms with Crippen LogP contribution in [0, 0.1) is 17.2 Å². The van der Waals surface area contributed by atoms with Gasteiger partial charge in [-0.15, -0.1) is 0 Å². The largest absolute Gasteiger partial charge is 0.242 e. The average molecular weight is 216 g/mol. The van der Waals surface area contributed by atoms with Crippen LogP contribution in [0.2, 0.25) is 0 Å². The molecule has 0 aromatic heterocycles. The van der Waals surface area contributed by atoms with Crippen LogP contribution in [0.4, 0.5) is 0 Å². The summed E-state index contributed by atoms with van der Waals surface area (Å²) in [6.07, 6.45) is 0. The molecule has 1 rings (SSSR count). The van der Waals surface area contributed by atoms with Gasteiger partial charge in [0.2, 0.25) is 0 Å². The van der Waals surface area contributed by atoms with Crippen LogP contribution < -0.4 is 0 Å². The molecule has 0 radical (unpaired) electrons. The number of rotatable bonds is 4. The maximum atomic E-state index is 7.18. The molecule has 86 valence electrons. The molecule has 1 N–H and O–H groups in total. The first-order valence-corrected chi connectivity index (χ1v) is 5.74. The molecule has 16 heavy (non-hydrogen) atoms. The van der Waals surface area contributed by atoms with Crippen LogP contribution in [0.25, 0.3) is 0 Å². The predicted molar refractivity (Wildman–Crippen MR) is 68.0 cm³/mol. The third kappa shape index (κ3) is 2.07. The van der Waals surface area contributed by atoms with E-state index in [1.807, 2.05) is 18.2 Å². The minimum atomic E-state index is -0.330. The summed E-state index contributed by atoms with van der Waals surface area (Å²) in [5, 5.41) is 7.18. The second kappa shape index (κ2) is 5.09. The third-order valence-electron chi connectivity index (χ3n) is 3.24. The fraction of sp³-hybridized carbons (Fsp3) is 0.500. The highest BCUT2D eigenvalue weighted by Crippen LogP contribution is 2.40. The van der Waals surface area contributed by atoms with Crippen molar-refractivity contribution in [2.75, 3.05) is 0 Å². The van der Waals surface area contributed by atoms with Crippen molar-refractivity contribution in [3.63, 3.8) is 0 Å². The van der Waals surface area contributed by atoms with E-state index >= 15 is 0 Å². The van der Waals surface area contributed by atoms with Gasteiger partial charge in [0.1, 0.15) is 5.54 Å². The second-order valence-corrected chi connectivity index (χ2v) is 4.72. The van der Waals surface area contributed by atoms with Gasteiger partial charge in [-0.25, -0.2) is 10.4 Å². The second-order valence-electron chi connectivity index (χ2n) is 4.72. The first kappa shape index (κ1) is 12.7. The lowest BCUT2D eigenvalue weighted by molar-refractivity contribution is 0.231. The maximum Gasteiger partial charge on any atom is 0.101 e. The number of nitrogens with zero attached hydrogens (tertiary/aromatic N) is 1. The van der Waals surface area contributed by atoms with E-state index in [0.29, 0.717) is 11.8 Å². The van der Waals surface area contributed by atoms with Crippen LogP contribution >= 0.6 is 0 Å². The van der Waals surface area contributed by atoms with Gasteiger partial charge >= 0.3 is 0 Å². The molecule has 2 heteroatoms. The molecule has 0 unspecified atom stereocenters. The van der Waals surface area contributed by atoms with Crippen molar-refractivity contribution in [3.05, 3.63) is 35.9 Å². The van der Waals surface area contributed by atoms with Crippen molar-refractivity contribution in [3.8, 4) is 0 Å². The maximum absolute atomic E-state index is 7.18. The minimum Gasteiger partial charge on any atom is -0.242 e. The molecule has 0 saturated carbocycles. The van der Waals surface area contributed by atoms with Crippen LogP contribution in [0.15, 0.2) is 35.3 Å². The molecule has 0 spiro atoms. The number of nitrogens with one attached hydrogen (secondary N) is 1. The van der Waals surface area contributed by atoms with E-state index in [-0.39, 0.29) is 5.54 Å². The molecule has 0 saturated heterocycles. The van der Waals surface area contributed by atoms with E-state index in [4.69, 9.17) is 5.41 Å². The normalized spacial score (nSPS) is 11.6. The van der Waals surface area contributed by atoms with Crippen molar-refractivity contribution >= 4 is 6.01 Å². The average Bonchev–Trinajstić information content (AvgIpc) is 2.26. The first-order chi connectivity index (χ1) is 7.55. The summed E-state index contributed by atoms with van der Waals surface area (Å²) in [6.45, 7) is 8.59. The van der Waals surface area contributed by atoms with Gasteiger partial charge in [0.15, 0.2) is 0 Å². The molecule has 1 aromatic rings. The zero-order valence-corrected chi connectivity index (χ0v) is 10.5. The topological polar surface area (TPSA) is 36.2 Å². The smallest absolute Gasteiger partial charge is 0.101 e. The Morgan fingerprint density at radius 2 is 1.56 bits per heavy atom. The molecular formula is C14H20N2. The van der Waals surface area contributed by atoms with Crippen molar-refractivity contribution in [2.24, 2.45) is 16.8 Å². The van der Waals surface area contributed by atoms with Gasteiger partial charge in [-0.2, -0.15) is 0 Å². The highest BCUT2D eigenvalue weighted by molar-refractivity contribution is 5.40. The van der Waals surface area contributed by atoms with E-state index in [0.717, 1.165) is 0 Å². The molecule has 0 heterocycles. The summed E-state index contributed by atoms with van der Waals surface area (Å²) < 4.78 is 0. The Morgan fingerprint density at radius 3 is 1.94 bits per heavy atom. The zero-order chi connectivity index (χ0) is 12.2. The summed E-state index contributed by atoms with van der Waals surface area (Å²) in [4.78, 5) is 4.34. The number of aliphatic imine (C=N–C) groups is 1. The summed E-state index contributed by atoms with van der Waals surface area (Å²) in [7, 11) is 0. The molecule has 0 atom stereocenters. The zero-order valence-electron chi connectivity index (χ0n) is 10.5. The summed E-state index contributed by atoms with van der Waals surface area (Å²) >= 11 is 0. The van der Waals surface area contributed by atoms with Crippen LogP contribution in [-0.4, -0.2) is 6.01 Å². The van der Waals surface area contributed by atoms with Gasteiger partial charge in [-0.3, -0.25) is 0 Å². The van der Waals surface area contributed by atoms with Crippen LogP contribution in [-0.2, 0) is 5.54 Å². The lowest BCUT2D eigenvalue weighted by Gasteiger charge is -2.37. The summed E-state index contributed by atoms with van der Waals surface area (Å²) in [5.74, 6) is 0.681. The van der Waals surface area contributed by atoms with Crippen LogP contribution in [0.5, 0.6) is 0 Å². The molecule has 1 aromatic carbocycles. The van der Waals surface area contributed by atoms with Crippen molar-refractivity contribution < 1.29 is 0 Å². The van der Waals surface area contributed by atoms with Gasteiger partial charge in [0.25, 0.3) is 0 Å². The van der Waals surface area contributed by atoms with E-state index in [1.165, 1.54) is 5.56 Å².